The van der Waals surface area contributed by atoms with Gasteiger partial charge in [-0.15, -0.1) is 0 Å². The van der Waals surface area contributed by atoms with Crippen LogP contribution in [0.15, 0.2) is 6.07 Å². The molecule has 5 heteroatoms. The second kappa shape index (κ2) is 4.96. The monoisotopic (exact) mass is 264 g/mol. The molecule has 0 spiro atoms. The van der Waals surface area contributed by atoms with Gasteiger partial charge in [-0.1, -0.05) is 20.8 Å². The molecular weight excluding hydrogens is 240 g/mol. The summed E-state index contributed by atoms with van der Waals surface area (Å²) in [6, 6.07) is 2.18. The average Bonchev–Trinajstić information content (AvgIpc) is 2.72. The molecule has 19 heavy (non-hydrogen) atoms. The molecule has 0 bridgehead atoms. The highest BCUT2D eigenvalue weighted by molar-refractivity contribution is 5.48. The third-order valence-corrected chi connectivity index (χ3v) is 3.60. The lowest BCUT2D eigenvalue weighted by atomic mass is 9.95. The third-order valence-electron chi connectivity index (χ3n) is 3.60. The molecule has 0 amide bonds. The molecule has 1 aliphatic rings. The van der Waals surface area contributed by atoms with Crippen molar-refractivity contribution < 1.29 is 4.74 Å². The van der Waals surface area contributed by atoms with Gasteiger partial charge < -0.3 is 15.4 Å². The zero-order valence-corrected chi connectivity index (χ0v) is 12.5. The Hall–Kier alpha value is -1.36. The maximum absolute atomic E-state index is 5.92. The van der Waals surface area contributed by atoms with Crippen molar-refractivity contribution in [3.63, 3.8) is 0 Å². The Labute approximate surface area is 115 Å². The zero-order valence-electron chi connectivity index (χ0n) is 12.5. The van der Waals surface area contributed by atoms with E-state index in [9.17, 15) is 0 Å². The van der Waals surface area contributed by atoms with Crippen LogP contribution < -0.4 is 10.6 Å². The molecule has 2 atom stereocenters. The second-order valence-corrected chi connectivity index (χ2v) is 6.27. The highest BCUT2D eigenvalue weighted by atomic mass is 16.5. The first kappa shape index (κ1) is 14.1. The van der Waals surface area contributed by atoms with Crippen LogP contribution in [0.3, 0.4) is 0 Å². The van der Waals surface area contributed by atoms with E-state index in [1.807, 2.05) is 13.1 Å². The number of hydrogen-bond acceptors (Lipinski definition) is 5. The van der Waals surface area contributed by atoms with Gasteiger partial charge in [-0.3, -0.25) is 0 Å². The number of nitrogens with two attached hydrogens (primary N) is 1. The van der Waals surface area contributed by atoms with Gasteiger partial charge in [0.1, 0.15) is 17.5 Å². The van der Waals surface area contributed by atoms with Crippen molar-refractivity contribution in [3.05, 3.63) is 11.9 Å². The van der Waals surface area contributed by atoms with Crippen LogP contribution in [0.5, 0.6) is 0 Å². The Kier molecular flexibility index (Phi) is 3.67. The van der Waals surface area contributed by atoms with Gasteiger partial charge in [0.2, 0.25) is 0 Å². The Bertz CT molecular complexity index is 455. The fourth-order valence-electron chi connectivity index (χ4n) is 2.37. The van der Waals surface area contributed by atoms with Crippen LogP contribution in [0.25, 0.3) is 0 Å². The summed E-state index contributed by atoms with van der Waals surface area (Å²) in [5, 5.41) is 0. The van der Waals surface area contributed by atoms with Crippen LogP contribution in [0.1, 0.15) is 39.9 Å². The van der Waals surface area contributed by atoms with E-state index in [1.54, 1.807) is 0 Å². The van der Waals surface area contributed by atoms with E-state index < -0.39 is 0 Å². The summed E-state index contributed by atoms with van der Waals surface area (Å²) < 4.78 is 5.62. The van der Waals surface area contributed by atoms with Gasteiger partial charge in [-0.05, 0) is 13.3 Å². The van der Waals surface area contributed by atoms with Gasteiger partial charge >= 0.3 is 0 Å². The number of anilines is 2. The van der Waals surface area contributed by atoms with E-state index in [4.69, 9.17) is 10.5 Å². The van der Waals surface area contributed by atoms with Crippen LogP contribution in [-0.4, -0.2) is 35.8 Å². The van der Waals surface area contributed by atoms with Crippen LogP contribution in [0, 0.1) is 0 Å². The molecule has 1 saturated heterocycles. The van der Waals surface area contributed by atoms with Crippen molar-refractivity contribution >= 4 is 11.6 Å². The van der Waals surface area contributed by atoms with Gasteiger partial charge in [-0.2, -0.15) is 0 Å². The molecule has 106 valence electrons. The summed E-state index contributed by atoms with van der Waals surface area (Å²) in [6.45, 7) is 9.18. The van der Waals surface area contributed by atoms with E-state index in [1.165, 1.54) is 0 Å². The maximum Gasteiger partial charge on any atom is 0.138 e. The number of nitrogen functional groups attached to an aromatic ring is 1. The summed E-state index contributed by atoms with van der Waals surface area (Å²) >= 11 is 0. The number of aromatic nitrogens is 2. The highest BCUT2D eigenvalue weighted by Gasteiger charge is 2.29. The van der Waals surface area contributed by atoms with Gasteiger partial charge in [0.05, 0.1) is 12.1 Å². The predicted octanol–water partition coefficient (Wildman–Crippen LogP) is 1.97. The van der Waals surface area contributed by atoms with E-state index in [-0.39, 0.29) is 11.5 Å². The number of hydrogen-bond donors (Lipinski definition) is 1. The Morgan fingerprint density at radius 2 is 2.05 bits per heavy atom. The first-order valence-corrected chi connectivity index (χ1v) is 6.78. The fourth-order valence-corrected chi connectivity index (χ4v) is 2.37. The van der Waals surface area contributed by atoms with Crippen molar-refractivity contribution in [2.75, 3.05) is 24.3 Å². The molecule has 2 N–H and O–H groups in total. The van der Waals surface area contributed by atoms with Crippen LogP contribution in [-0.2, 0) is 10.2 Å². The minimum absolute atomic E-state index is 0.108. The molecular formula is C14H24N4O. The van der Waals surface area contributed by atoms with E-state index in [0.717, 1.165) is 24.7 Å². The summed E-state index contributed by atoms with van der Waals surface area (Å²) in [5.74, 6) is 2.18. The Morgan fingerprint density at radius 3 is 2.58 bits per heavy atom. The summed E-state index contributed by atoms with van der Waals surface area (Å²) in [4.78, 5) is 11.2. The average molecular weight is 264 g/mol. The van der Waals surface area contributed by atoms with Crippen molar-refractivity contribution in [3.8, 4) is 0 Å². The van der Waals surface area contributed by atoms with E-state index in [0.29, 0.717) is 11.9 Å². The molecule has 1 fully saturated rings. The maximum atomic E-state index is 5.92. The van der Waals surface area contributed by atoms with Crippen LogP contribution in [0.4, 0.5) is 11.6 Å². The molecule has 0 saturated carbocycles. The van der Waals surface area contributed by atoms with E-state index in [2.05, 4.69) is 42.6 Å². The zero-order chi connectivity index (χ0) is 14.2. The van der Waals surface area contributed by atoms with Crippen LogP contribution in [0.2, 0.25) is 0 Å². The largest absolute Gasteiger partial charge is 0.384 e. The predicted molar refractivity (Wildman–Crippen MR) is 77.4 cm³/mol. The first-order chi connectivity index (χ1) is 8.79. The molecule has 0 aliphatic carbocycles. The standard InChI is InChI=1S/C14H24N4O/c1-9-10(6-7-19-9)18(5)12-8-11(15)16-13(17-12)14(2,3)4/h8-10H,6-7H2,1-5H3,(H2,15,16,17). The first-order valence-electron chi connectivity index (χ1n) is 6.78. The molecule has 0 radical (unpaired) electrons. The van der Waals surface area contributed by atoms with E-state index >= 15 is 0 Å². The topological polar surface area (TPSA) is 64.3 Å². The molecule has 1 aliphatic heterocycles. The van der Waals surface area contributed by atoms with Gasteiger partial charge in [0, 0.05) is 25.1 Å². The lowest BCUT2D eigenvalue weighted by Crippen LogP contribution is -2.37. The van der Waals surface area contributed by atoms with Crippen LogP contribution >= 0.6 is 0 Å². The lowest BCUT2D eigenvalue weighted by molar-refractivity contribution is 0.118. The number of nitrogens with zero attached hydrogens (tertiary/aromatic N) is 3. The normalized spacial score (nSPS) is 23.6. The fraction of sp³-hybridized carbons (Fsp3) is 0.714. The summed E-state index contributed by atoms with van der Waals surface area (Å²) in [6.07, 6.45) is 1.24. The van der Waals surface area contributed by atoms with Gasteiger partial charge in [0.25, 0.3) is 0 Å². The van der Waals surface area contributed by atoms with Crippen molar-refractivity contribution in [1.29, 1.82) is 0 Å². The SMILES string of the molecule is CC1OCCC1N(C)c1cc(N)nc(C(C)(C)C)n1. The third kappa shape index (κ3) is 2.97. The molecule has 1 aromatic heterocycles. The Balaban J connectivity index is 2.31. The molecule has 2 rings (SSSR count). The summed E-state index contributed by atoms with van der Waals surface area (Å²) in [5.41, 5.74) is 5.81. The number of ether oxygens (including phenoxy) is 1. The number of likely N-dealkylation sites (N-methyl/N-ethyl adjacent to an activating group) is 1. The molecule has 5 nitrogen and oxygen atoms in total. The van der Waals surface area contributed by atoms with Crippen molar-refractivity contribution in [2.24, 2.45) is 0 Å². The Morgan fingerprint density at radius 1 is 1.37 bits per heavy atom. The highest BCUT2D eigenvalue weighted by Crippen LogP contribution is 2.26. The summed E-state index contributed by atoms with van der Waals surface area (Å²) in [7, 11) is 2.05. The van der Waals surface area contributed by atoms with Crippen molar-refractivity contribution in [1.82, 2.24) is 9.97 Å². The quantitative estimate of drug-likeness (QED) is 0.884. The smallest absolute Gasteiger partial charge is 0.138 e. The van der Waals surface area contributed by atoms with Gasteiger partial charge in [-0.25, -0.2) is 9.97 Å². The minimum atomic E-state index is -0.108. The molecule has 0 aromatic carbocycles. The minimum Gasteiger partial charge on any atom is -0.384 e. The van der Waals surface area contributed by atoms with Gasteiger partial charge in [0.15, 0.2) is 0 Å². The second-order valence-electron chi connectivity index (χ2n) is 6.27. The number of rotatable bonds is 2. The van der Waals surface area contributed by atoms with Crippen molar-refractivity contribution in [2.45, 2.75) is 51.7 Å². The molecule has 1 aromatic rings. The molecule has 2 unspecified atom stereocenters. The lowest BCUT2D eigenvalue weighted by Gasteiger charge is -2.29. The molecule has 2 heterocycles.